The summed E-state index contributed by atoms with van der Waals surface area (Å²) in [7, 11) is 0. The van der Waals surface area contributed by atoms with Gasteiger partial charge in [-0.3, -0.25) is 4.79 Å². The Hall–Kier alpha value is -0.390. The molecule has 0 bridgehead atoms. The molecule has 2 N–H and O–H groups in total. The van der Waals surface area contributed by atoms with E-state index in [4.69, 9.17) is 5.11 Å². The molecule has 1 amide bonds. The number of benzene rings is 1. The average Bonchev–Trinajstić information content (AvgIpc) is 2.36. The maximum absolute atomic E-state index is 11.9. The van der Waals surface area contributed by atoms with Crippen LogP contribution in [0.15, 0.2) is 27.1 Å². The molecular formula is C13H17Br2NO2. The van der Waals surface area contributed by atoms with Crippen LogP contribution in [0.25, 0.3) is 0 Å². The third-order valence-electron chi connectivity index (χ3n) is 2.64. The summed E-state index contributed by atoms with van der Waals surface area (Å²) in [6.45, 7) is 2.82. The molecule has 100 valence electrons. The maximum atomic E-state index is 11.9. The monoisotopic (exact) mass is 377 g/mol. The smallest absolute Gasteiger partial charge is 0.252 e. The summed E-state index contributed by atoms with van der Waals surface area (Å²) in [6, 6.07) is 5.51. The van der Waals surface area contributed by atoms with Gasteiger partial charge in [-0.05, 0) is 52.9 Å². The first-order chi connectivity index (χ1) is 8.54. The fraction of sp³-hybridized carbons (Fsp3) is 0.462. The van der Waals surface area contributed by atoms with Crippen molar-refractivity contribution < 1.29 is 9.90 Å². The highest BCUT2D eigenvalue weighted by atomic mass is 79.9. The Morgan fingerprint density at radius 3 is 2.83 bits per heavy atom. The van der Waals surface area contributed by atoms with Crippen molar-refractivity contribution in [2.75, 3.05) is 13.2 Å². The molecule has 18 heavy (non-hydrogen) atoms. The molecule has 0 fully saturated rings. The zero-order valence-corrected chi connectivity index (χ0v) is 13.4. The van der Waals surface area contributed by atoms with Crippen LogP contribution in [-0.4, -0.2) is 24.2 Å². The highest BCUT2D eigenvalue weighted by molar-refractivity contribution is 9.11. The summed E-state index contributed by atoms with van der Waals surface area (Å²) in [5.74, 6) is 0.208. The van der Waals surface area contributed by atoms with Crippen LogP contribution in [0.2, 0.25) is 0 Å². The summed E-state index contributed by atoms with van der Waals surface area (Å²) in [4.78, 5) is 11.9. The maximum Gasteiger partial charge on any atom is 0.252 e. The van der Waals surface area contributed by atoms with Gasteiger partial charge in [0, 0.05) is 22.1 Å². The van der Waals surface area contributed by atoms with Crippen LogP contribution in [0.1, 0.15) is 30.1 Å². The summed E-state index contributed by atoms with van der Waals surface area (Å²) in [6.07, 6.45) is 1.79. The largest absolute Gasteiger partial charge is 0.396 e. The van der Waals surface area contributed by atoms with Crippen molar-refractivity contribution in [3.63, 3.8) is 0 Å². The van der Waals surface area contributed by atoms with Gasteiger partial charge in [0.2, 0.25) is 0 Å². The topological polar surface area (TPSA) is 49.3 Å². The van der Waals surface area contributed by atoms with E-state index in [2.05, 4.69) is 37.2 Å². The van der Waals surface area contributed by atoms with Crippen LogP contribution in [0.3, 0.4) is 0 Å². The number of hydrogen-bond donors (Lipinski definition) is 2. The lowest BCUT2D eigenvalue weighted by atomic mass is 10.1. The molecule has 0 saturated carbocycles. The van der Waals surface area contributed by atoms with E-state index in [1.54, 1.807) is 6.07 Å². The van der Waals surface area contributed by atoms with E-state index in [-0.39, 0.29) is 12.5 Å². The van der Waals surface area contributed by atoms with Crippen molar-refractivity contribution >= 4 is 37.8 Å². The molecule has 0 spiro atoms. The molecule has 0 aliphatic carbocycles. The van der Waals surface area contributed by atoms with E-state index in [1.165, 1.54) is 0 Å². The first-order valence-electron chi connectivity index (χ1n) is 5.88. The van der Waals surface area contributed by atoms with Crippen molar-refractivity contribution in [2.45, 2.75) is 19.8 Å². The second-order valence-corrected chi connectivity index (χ2v) is 6.08. The number of carbonyl (C=O) groups is 1. The third-order valence-corrected chi connectivity index (χ3v) is 3.83. The molecule has 0 aliphatic heterocycles. The quantitative estimate of drug-likeness (QED) is 0.745. The highest BCUT2D eigenvalue weighted by Gasteiger charge is 2.10. The Morgan fingerprint density at radius 2 is 2.17 bits per heavy atom. The minimum atomic E-state index is -0.0835. The molecule has 0 saturated heterocycles. The molecule has 0 heterocycles. The zero-order valence-electron chi connectivity index (χ0n) is 10.2. The Bertz CT molecular complexity index is 410. The second-order valence-electron chi connectivity index (χ2n) is 4.31. The van der Waals surface area contributed by atoms with Gasteiger partial charge in [0.15, 0.2) is 0 Å². The number of aliphatic hydroxyl groups is 1. The van der Waals surface area contributed by atoms with Gasteiger partial charge in [-0.25, -0.2) is 0 Å². The Labute approximate surface area is 124 Å². The predicted octanol–water partition coefficient (Wildman–Crippen LogP) is 3.35. The van der Waals surface area contributed by atoms with Crippen molar-refractivity contribution in [1.82, 2.24) is 5.32 Å². The van der Waals surface area contributed by atoms with Crippen molar-refractivity contribution in [2.24, 2.45) is 5.92 Å². The highest BCUT2D eigenvalue weighted by Crippen LogP contribution is 2.21. The van der Waals surface area contributed by atoms with E-state index in [0.29, 0.717) is 18.0 Å². The number of nitrogens with one attached hydrogen (secondary N) is 1. The molecule has 1 aromatic rings. The van der Waals surface area contributed by atoms with Gasteiger partial charge < -0.3 is 10.4 Å². The Balaban J connectivity index is 2.43. The van der Waals surface area contributed by atoms with E-state index in [1.807, 2.05) is 19.1 Å². The van der Waals surface area contributed by atoms with Gasteiger partial charge in [-0.1, -0.05) is 22.9 Å². The molecule has 0 aliphatic rings. The summed E-state index contributed by atoms with van der Waals surface area (Å²) in [5, 5.41) is 11.8. The first-order valence-corrected chi connectivity index (χ1v) is 7.47. The first kappa shape index (κ1) is 15.7. The third kappa shape index (κ3) is 5.08. The van der Waals surface area contributed by atoms with Crippen molar-refractivity contribution in [1.29, 1.82) is 0 Å². The van der Waals surface area contributed by atoms with Gasteiger partial charge in [0.25, 0.3) is 5.91 Å². The normalized spacial score (nSPS) is 12.2. The van der Waals surface area contributed by atoms with E-state index < -0.39 is 0 Å². The standard InChI is InChI=1S/C13H17Br2NO2/c1-9(8-17)3-2-6-16-13(18)11-7-10(14)4-5-12(11)15/h4-5,7,9,17H,2-3,6,8H2,1H3,(H,16,18). The van der Waals surface area contributed by atoms with Gasteiger partial charge in [0.05, 0.1) is 5.56 Å². The zero-order chi connectivity index (χ0) is 13.5. The molecule has 0 aromatic heterocycles. The van der Waals surface area contributed by atoms with Crippen LogP contribution < -0.4 is 5.32 Å². The van der Waals surface area contributed by atoms with Crippen LogP contribution in [0, 0.1) is 5.92 Å². The van der Waals surface area contributed by atoms with Crippen LogP contribution in [0.5, 0.6) is 0 Å². The lowest BCUT2D eigenvalue weighted by Crippen LogP contribution is -2.25. The van der Waals surface area contributed by atoms with E-state index in [0.717, 1.165) is 21.8 Å². The molecule has 1 aromatic carbocycles. The minimum absolute atomic E-state index is 0.0835. The SMILES string of the molecule is CC(CO)CCCNC(=O)c1cc(Br)ccc1Br. The molecule has 0 radical (unpaired) electrons. The lowest BCUT2D eigenvalue weighted by Gasteiger charge is -2.09. The molecule has 1 rings (SSSR count). The molecule has 5 heteroatoms. The second kappa shape index (κ2) is 7.92. The molecule has 1 unspecified atom stereocenters. The number of halogens is 2. The Kier molecular flexibility index (Phi) is 6.89. The van der Waals surface area contributed by atoms with Gasteiger partial charge in [-0.2, -0.15) is 0 Å². The number of rotatable bonds is 6. The predicted molar refractivity (Wildman–Crippen MR) is 79.7 cm³/mol. The van der Waals surface area contributed by atoms with Gasteiger partial charge in [0.1, 0.15) is 0 Å². The Morgan fingerprint density at radius 1 is 1.44 bits per heavy atom. The van der Waals surface area contributed by atoms with E-state index in [9.17, 15) is 4.79 Å². The number of aliphatic hydroxyl groups excluding tert-OH is 1. The molecular weight excluding hydrogens is 362 g/mol. The summed E-state index contributed by atoms with van der Waals surface area (Å²) < 4.78 is 1.66. The van der Waals surface area contributed by atoms with Crippen LogP contribution in [-0.2, 0) is 0 Å². The average molecular weight is 379 g/mol. The molecule has 3 nitrogen and oxygen atoms in total. The summed E-state index contributed by atoms with van der Waals surface area (Å²) in [5.41, 5.74) is 0.625. The van der Waals surface area contributed by atoms with Gasteiger partial charge >= 0.3 is 0 Å². The summed E-state index contributed by atoms with van der Waals surface area (Å²) >= 11 is 6.71. The fourth-order valence-corrected chi connectivity index (χ4v) is 2.30. The van der Waals surface area contributed by atoms with E-state index >= 15 is 0 Å². The van der Waals surface area contributed by atoms with Gasteiger partial charge in [-0.15, -0.1) is 0 Å². The minimum Gasteiger partial charge on any atom is -0.396 e. The van der Waals surface area contributed by atoms with Crippen molar-refractivity contribution in [3.05, 3.63) is 32.7 Å². The molecule has 1 atom stereocenters. The van der Waals surface area contributed by atoms with Crippen LogP contribution >= 0.6 is 31.9 Å². The fourth-order valence-electron chi connectivity index (χ4n) is 1.51. The van der Waals surface area contributed by atoms with Crippen LogP contribution in [0.4, 0.5) is 0 Å². The number of hydrogen-bond acceptors (Lipinski definition) is 2. The number of amides is 1. The van der Waals surface area contributed by atoms with Crippen molar-refractivity contribution in [3.8, 4) is 0 Å². The lowest BCUT2D eigenvalue weighted by molar-refractivity contribution is 0.0951. The number of carbonyl (C=O) groups excluding carboxylic acids is 1.